The van der Waals surface area contributed by atoms with Crippen LogP contribution in [0.5, 0.6) is 0 Å². The van der Waals surface area contributed by atoms with E-state index in [0.717, 1.165) is 0 Å². The molecule has 0 saturated carbocycles. The van der Waals surface area contributed by atoms with Crippen LogP contribution in [0.15, 0.2) is 35.1 Å². The Kier molecular flexibility index (Phi) is 1.73. The van der Waals surface area contributed by atoms with Crippen molar-refractivity contribution in [1.82, 2.24) is 5.16 Å². The minimum Gasteiger partial charge on any atom is -0.380 e. The van der Waals surface area contributed by atoms with Crippen molar-refractivity contribution in [2.24, 2.45) is 0 Å². The number of halogens is 1. The maximum Gasteiger partial charge on any atom is 0.174 e. The van der Waals surface area contributed by atoms with Gasteiger partial charge in [-0.05, 0) is 6.07 Å². The van der Waals surface area contributed by atoms with E-state index in [1.54, 1.807) is 18.2 Å². The molecule has 0 spiro atoms. The average molecular weight is 178 g/mol. The molecule has 2 N–H and O–H groups in total. The van der Waals surface area contributed by atoms with E-state index >= 15 is 0 Å². The lowest BCUT2D eigenvalue weighted by Crippen LogP contribution is -1.89. The lowest BCUT2D eigenvalue weighted by Gasteiger charge is -1.98. The molecule has 2 aromatic rings. The second kappa shape index (κ2) is 2.90. The van der Waals surface area contributed by atoms with Crippen molar-refractivity contribution in [3.8, 4) is 11.1 Å². The highest BCUT2D eigenvalue weighted by molar-refractivity contribution is 5.72. The van der Waals surface area contributed by atoms with Gasteiger partial charge in [-0.25, -0.2) is 4.39 Å². The first kappa shape index (κ1) is 7.79. The van der Waals surface area contributed by atoms with Gasteiger partial charge >= 0.3 is 0 Å². The summed E-state index contributed by atoms with van der Waals surface area (Å²) in [5.74, 6) is -0.137. The number of nitrogens with two attached hydrogens (primary N) is 1. The molecule has 0 aliphatic carbocycles. The molecule has 0 bridgehead atoms. The highest BCUT2D eigenvalue weighted by Crippen LogP contribution is 2.26. The fraction of sp³-hybridized carbons (Fsp3) is 0. The Morgan fingerprint density at radius 2 is 2.00 bits per heavy atom. The number of benzene rings is 1. The summed E-state index contributed by atoms with van der Waals surface area (Å²) in [4.78, 5) is 0. The predicted molar refractivity (Wildman–Crippen MR) is 46.3 cm³/mol. The van der Waals surface area contributed by atoms with Gasteiger partial charge in [0.05, 0.1) is 5.56 Å². The Morgan fingerprint density at radius 3 is 2.62 bits per heavy atom. The van der Waals surface area contributed by atoms with E-state index in [2.05, 4.69) is 9.68 Å². The minimum atomic E-state index is -0.336. The molecule has 1 heterocycles. The standard InChI is InChI=1S/C9H7FN2O/c10-8-4-2-1-3-6(8)7-5-13-12-9(7)11/h1-5H,(H2,11,12). The van der Waals surface area contributed by atoms with Crippen LogP contribution in [0.3, 0.4) is 0 Å². The number of nitrogens with zero attached hydrogens (tertiary/aromatic N) is 1. The summed E-state index contributed by atoms with van der Waals surface area (Å²) in [5, 5.41) is 3.47. The van der Waals surface area contributed by atoms with Crippen LogP contribution >= 0.6 is 0 Å². The number of rotatable bonds is 1. The molecule has 1 aromatic heterocycles. The van der Waals surface area contributed by atoms with Crippen LogP contribution in [-0.2, 0) is 0 Å². The maximum atomic E-state index is 13.2. The van der Waals surface area contributed by atoms with E-state index in [4.69, 9.17) is 5.73 Å². The van der Waals surface area contributed by atoms with Crippen LogP contribution in [0.1, 0.15) is 0 Å². The summed E-state index contributed by atoms with van der Waals surface area (Å²) in [6.45, 7) is 0. The van der Waals surface area contributed by atoms with Crippen LogP contribution in [0.2, 0.25) is 0 Å². The van der Waals surface area contributed by atoms with Gasteiger partial charge in [-0.1, -0.05) is 23.4 Å². The highest BCUT2D eigenvalue weighted by Gasteiger charge is 2.10. The number of nitrogen functional groups attached to an aromatic ring is 1. The first-order valence-corrected chi connectivity index (χ1v) is 3.74. The van der Waals surface area contributed by atoms with Gasteiger partial charge < -0.3 is 10.3 Å². The largest absolute Gasteiger partial charge is 0.380 e. The molecule has 0 aliphatic rings. The molecule has 1 aromatic carbocycles. The summed E-state index contributed by atoms with van der Waals surface area (Å²) in [7, 11) is 0. The van der Waals surface area contributed by atoms with Gasteiger partial charge in [0.1, 0.15) is 12.1 Å². The molecular weight excluding hydrogens is 171 g/mol. The zero-order valence-corrected chi connectivity index (χ0v) is 6.70. The topological polar surface area (TPSA) is 52.0 Å². The van der Waals surface area contributed by atoms with Crippen LogP contribution < -0.4 is 5.73 Å². The van der Waals surface area contributed by atoms with Gasteiger partial charge in [0.2, 0.25) is 0 Å². The van der Waals surface area contributed by atoms with Crippen molar-refractivity contribution in [3.63, 3.8) is 0 Å². The molecule has 3 nitrogen and oxygen atoms in total. The number of anilines is 1. The van der Waals surface area contributed by atoms with Gasteiger partial charge in [0.25, 0.3) is 0 Å². The quantitative estimate of drug-likeness (QED) is 0.727. The van der Waals surface area contributed by atoms with E-state index in [1.807, 2.05) is 0 Å². The van der Waals surface area contributed by atoms with Gasteiger partial charge in [-0.2, -0.15) is 0 Å². The predicted octanol–water partition coefficient (Wildman–Crippen LogP) is 2.06. The van der Waals surface area contributed by atoms with Crippen molar-refractivity contribution < 1.29 is 8.91 Å². The molecule has 0 radical (unpaired) electrons. The fourth-order valence-corrected chi connectivity index (χ4v) is 1.13. The van der Waals surface area contributed by atoms with Gasteiger partial charge in [-0.15, -0.1) is 0 Å². The van der Waals surface area contributed by atoms with Crippen molar-refractivity contribution in [2.45, 2.75) is 0 Å². The summed E-state index contributed by atoms with van der Waals surface area (Å²) in [6, 6.07) is 6.33. The lowest BCUT2D eigenvalue weighted by atomic mass is 10.1. The molecule has 2 rings (SSSR count). The number of aromatic nitrogens is 1. The van der Waals surface area contributed by atoms with Crippen LogP contribution in [0, 0.1) is 5.82 Å². The lowest BCUT2D eigenvalue weighted by molar-refractivity contribution is 0.423. The van der Waals surface area contributed by atoms with Crippen LogP contribution in [-0.4, -0.2) is 5.16 Å². The summed E-state index contributed by atoms with van der Waals surface area (Å²) < 4.78 is 17.8. The Labute approximate surface area is 74.0 Å². The van der Waals surface area contributed by atoms with Crippen molar-refractivity contribution in [2.75, 3.05) is 5.73 Å². The second-order valence-corrected chi connectivity index (χ2v) is 2.59. The normalized spacial score (nSPS) is 10.2. The zero-order valence-electron chi connectivity index (χ0n) is 6.70. The SMILES string of the molecule is Nc1nocc1-c1ccccc1F. The Bertz CT molecular complexity index is 425. The smallest absolute Gasteiger partial charge is 0.174 e. The van der Waals surface area contributed by atoms with E-state index in [9.17, 15) is 4.39 Å². The summed E-state index contributed by atoms with van der Waals surface area (Å²) in [6.07, 6.45) is 1.33. The molecule has 0 fully saturated rings. The summed E-state index contributed by atoms with van der Waals surface area (Å²) >= 11 is 0. The third kappa shape index (κ3) is 1.26. The van der Waals surface area contributed by atoms with E-state index in [1.165, 1.54) is 12.3 Å². The van der Waals surface area contributed by atoms with Crippen LogP contribution in [0.25, 0.3) is 11.1 Å². The fourth-order valence-electron chi connectivity index (χ4n) is 1.13. The molecule has 0 unspecified atom stereocenters. The van der Waals surface area contributed by atoms with Crippen molar-refractivity contribution >= 4 is 5.82 Å². The second-order valence-electron chi connectivity index (χ2n) is 2.59. The minimum absolute atomic E-state index is 0.199. The number of hydrogen-bond acceptors (Lipinski definition) is 3. The Balaban J connectivity index is 2.59. The average Bonchev–Trinajstić information content (AvgIpc) is 2.52. The monoisotopic (exact) mass is 178 g/mol. The third-order valence-electron chi connectivity index (χ3n) is 1.76. The van der Waals surface area contributed by atoms with E-state index in [-0.39, 0.29) is 11.6 Å². The molecule has 0 aliphatic heterocycles. The molecule has 66 valence electrons. The van der Waals surface area contributed by atoms with Gasteiger partial charge in [-0.3, -0.25) is 0 Å². The van der Waals surface area contributed by atoms with Crippen molar-refractivity contribution in [3.05, 3.63) is 36.3 Å². The molecule has 13 heavy (non-hydrogen) atoms. The first-order chi connectivity index (χ1) is 6.29. The molecular formula is C9H7FN2O. The first-order valence-electron chi connectivity index (χ1n) is 3.74. The molecule has 0 saturated heterocycles. The Morgan fingerprint density at radius 1 is 1.23 bits per heavy atom. The number of hydrogen-bond donors (Lipinski definition) is 1. The van der Waals surface area contributed by atoms with Gasteiger partial charge in [0.15, 0.2) is 5.82 Å². The van der Waals surface area contributed by atoms with E-state index in [0.29, 0.717) is 11.1 Å². The highest BCUT2D eigenvalue weighted by atomic mass is 19.1. The molecule has 4 heteroatoms. The van der Waals surface area contributed by atoms with Gasteiger partial charge in [0, 0.05) is 5.56 Å². The molecule has 0 amide bonds. The molecule has 0 atom stereocenters. The van der Waals surface area contributed by atoms with E-state index < -0.39 is 0 Å². The maximum absolute atomic E-state index is 13.2. The zero-order chi connectivity index (χ0) is 9.26. The van der Waals surface area contributed by atoms with Crippen molar-refractivity contribution in [1.29, 1.82) is 0 Å². The van der Waals surface area contributed by atoms with Crippen LogP contribution in [0.4, 0.5) is 10.2 Å². The summed E-state index contributed by atoms with van der Waals surface area (Å²) in [5.41, 5.74) is 6.36. The third-order valence-corrected chi connectivity index (χ3v) is 1.76. The Hall–Kier alpha value is -1.84.